The zero-order valence-corrected chi connectivity index (χ0v) is 16.2. The molecule has 0 bridgehead atoms. The molecule has 1 heterocycles. The fourth-order valence-electron chi connectivity index (χ4n) is 3.40. The molecule has 1 fully saturated rings. The van der Waals surface area contributed by atoms with Gasteiger partial charge in [0.25, 0.3) is 11.6 Å². The summed E-state index contributed by atoms with van der Waals surface area (Å²) in [5.74, 6) is 0.472. The minimum atomic E-state index is -0.501. The van der Waals surface area contributed by atoms with Gasteiger partial charge in [-0.25, -0.2) is 0 Å². The normalized spacial score (nSPS) is 14.3. The van der Waals surface area contributed by atoms with Crippen LogP contribution < -0.4 is 10.1 Å². The molecule has 2 aromatic carbocycles. The Morgan fingerprint density at radius 2 is 1.79 bits per heavy atom. The second-order valence-corrected chi connectivity index (χ2v) is 6.92. The van der Waals surface area contributed by atoms with Gasteiger partial charge in [0, 0.05) is 42.4 Å². The summed E-state index contributed by atoms with van der Waals surface area (Å²) in [5, 5.41) is 13.6. The molecule has 29 heavy (non-hydrogen) atoms. The minimum absolute atomic E-state index is 0.0343. The average molecular weight is 397 g/mol. The van der Waals surface area contributed by atoms with Gasteiger partial charge in [-0.3, -0.25) is 19.7 Å². The summed E-state index contributed by atoms with van der Waals surface area (Å²) < 4.78 is 5.30. The lowest BCUT2D eigenvalue weighted by molar-refractivity contribution is -0.384. The third kappa shape index (κ3) is 5.10. The Labute approximate surface area is 168 Å². The second kappa shape index (κ2) is 9.18. The number of ether oxygens (including phenoxy) is 1. The number of benzene rings is 2. The van der Waals surface area contributed by atoms with E-state index in [-0.39, 0.29) is 30.0 Å². The van der Waals surface area contributed by atoms with E-state index in [0.717, 1.165) is 5.56 Å². The topological polar surface area (TPSA) is 102 Å². The molecule has 8 heteroatoms. The quantitative estimate of drug-likeness (QED) is 0.596. The standard InChI is InChI=1S/C21H23N3O5/c1-29-19-5-3-2-4-16(19)14-20(25)23-12-10-17(11-13-23)22-21(26)15-6-8-18(9-7-15)24(27)28/h2-9,17H,10-14H2,1H3,(H,22,26). The number of nitrogens with zero attached hydrogens (tertiary/aromatic N) is 2. The Bertz CT molecular complexity index is 889. The number of amides is 2. The second-order valence-electron chi connectivity index (χ2n) is 6.92. The molecule has 1 aliphatic heterocycles. The third-order valence-electron chi connectivity index (χ3n) is 5.06. The molecule has 1 N–H and O–H groups in total. The van der Waals surface area contributed by atoms with Gasteiger partial charge in [-0.2, -0.15) is 0 Å². The highest BCUT2D eigenvalue weighted by molar-refractivity contribution is 5.94. The fraction of sp³-hybridized carbons (Fsp3) is 0.333. The average Bonchev–Trinajstić information content (AvgIpc) is 2.74. The van der Waals surface area contributed by atoms with Crippen molar-refractivity contribution in [3.8, 4) is 5.75 Å². The molecule has 0 unspecified atom stereocenters. The lowest BCUT2D eigenvalue weighted by atomic mass is 10.0. The number of nitrogens with one attached hydrogen (secondary N) is 1. The number of hydrogen-bond acceptors (Lipinski definition) is 5. The number of para-hydroxylation sites is 1. The first kappa shape index (κ1) is 20.3. The highest BCUT2D eigenvalue weighted by atomic mass is 16.6. The Hall–Kier alpha value is -3.42. The summed E-state index contributed by atoms with van der Waals surface area (Å²) in [6.07, 6.45) is 1.61. The Kier molecular flexibility index (Phi) is 6.43. The van der Waals surface area contributed by atoms with E-state index in [2.05, 4.69) is 5.32 Å². The van der Waals surface area contributed by atoms with E-state index < -0.39 is 4.92 Å². The van der Waals surface area contributed by atoms with Gasteiger partial charge in [0.05, 0.1) is 18.5 Å². The molecule has 1 aliphatic rings. The van der Waals surface area contributed by atoms with Gasteiger partial charge in [-0.1, -0.05) is 18.2 Å². The first-order valence-electron chi connectivity index (χ1n) is 9.43. The molecule has 3 rings (SSSR count). The Balaban J connectivity index is 1.50. The number of methoxy groups -OCH3 is 1. The van der Waals surface area contributed by atoms with Crippen LogP contribution >= 0.6 is 0 Å². The monoisotopic (exact) mass is 397 g/mol. The van der Waals surface area contributed by atoms with Crippen LogP contribution in [0.1, 0.15) is 28.8 Å². The summed E-state index contributed by atoms with van der Waals surface area (Å²) >= 11 is 0. The van der Waals surface area contributed by atoms with E-state index in [1.54, 1.807) is 12.0 Å². The van der Waals surface area contributed by atoms with E-state index in [0.29, 0.717) is 37.2 Å². The van der Waals surface area contributed by atoms with Gasteiger partial charge in [0.15, 0.2) is 0 Å². The minimum Gasteiger partial charge on any atom is -0.496 e. The van der Waals surface area contributed by atoms with Crippen molar-refractivity contribution in [3.05, 3.63) is 69.8 Å². The van der Waals surface area contributed by atoms with Gasteiger partial charge >= 0.3 is 0 Å². The smallest absolute Gasteiger partial charge is 0.269 e. The van der Waals surface area contributed by atoms with Crippen molar-refractivity contribution in [2.75, 3.05) is 20.2 Å². The van der Waals surface area contributed by atoms with Gasteiger partial charge in [-0.05, 0) is 31.0 Å². The number of hydrogen-bond donors (Lipinski definition) is 1. The third-order valence-corrected chi connectivity index (χ3v) is 5.06. The van der Waals surface area contributed by atoms with E-state index in [1.165, 1.54) is 24.3 Å². The van der Waals surface area contributed by atoms with E-state index in [4.69, 9.17) is 4.74 Å². The molecule has 1 saturated heterocycles. The van der Waals surface area contributed by atoms with Crippen LogP contribution in [-0.2, 0) is 11.2 Å². The lowest BCUT2D eigenvalue weighted by Crippen LogP contribution is -2.47. The zero-order chi connectivity index (χ0) is 20.8. The van der Waals surface area contributed by atoms with Crippen molar-refractivity contribution < 1.29 is 19.2 Å². The SMILES string of the molecule is COc1ccccc1CC(=O)N1CCC(NC(=O)c2ccc([N+](=O)[O-])cc2)CC1. The fourth-order valence-corrected chi connectivity index (χ4v) is 3.40. The number of nitro groups is 1. The lowest BCUT2D eigenvalue weighted by Gasteiger charge is -2.32. The van der Waals surface area contributed by atoms with E-state index in [9.17, 15) is 19.7 Å². The Morgan fingerprint density at radius 3 is 2.41 bits per heavy atom. The first-order chi connectivity index (χ1) is 14.0. The van der Waals surface area contributed by atoms with Crippen molar-refractivity contribution in [1.29, 1.82) is 0 Å². The van der Waals surface area contributed by atoms with Crippen LogP contribution in [0.5, 0.6) is 5.75 Å². The summed E-state index contributed by atoms with van der Waals surface area (Å²) in [6, 6.07) is 12.9. The molecule has 2 aromatic rings. The molecule has 0 aliphatic carbocycles. The number of nitro benzene ring substituents is 1. The molecular weight excluding hydrogens is 374 g/mol. The van der Waals surface area contributed by atoms with Crippen molar-refractivity contribution in [1.82, 2.24) is 10.2 Å². The van der Waals surface area contributed by atoms with Crippen molar-refractivity contribution in [2.24, 2.45) is 0 Å². The number of rotatable bonds is 6. The highest BCUT2D eigenvalue weighted by Gasteiger charge is 2.25. The van der Waals surface area contributed by atoms with Crippen LogP contribution in [0.2, 0.25) is 0 Å². The predicted octanol–water partition coefficient (Wildman–Crippen LogP) is 2.57. The van der Waals surface area contributed by atoms with Gasteiger partial charge in [0.2, 0.25) is 5.91 Å². The van der Waals surface area contributed by atoms with Crippen LogP contribution in [0.3, 0.4) is 0 Å². The molecule has 0 spiro atoms. The first-order valence-corrected chi connectivity index (χ1v) is 9.43. The summed E-state index contributed by atoms with van der Waals surface area (Å²) in [6.45, 7) is 1.14. The number of non-ortho nitro benzene ring substituents is 1. The molecule has 0 saturated carbocycles. The van der Waals surface area contributed by atoms with Crippen LogP contribution in [0.25, 0.3) is 0 Å². The molecule has 0 atom stereocenters. The molecule has 2 amide bonds. The van der Waals surface area contributed by atoms with Gasteiger partial charge in [0.1, 0.15) is 5.75 Å². The zero-order valence-electron chi connectivity index (χ0n) is 16.2. The van der Waals surface area contributed by atoms with Crippen LogP contribution in [-0.4, -0.2) is 47.9 Å². The van der Waals surface area contributed by atoms with E-state index in [1.807, 2.05) is 24.3 Å². The van der Waals surface area contributed by atoms with Gasteiger partial charge in [-0.15, -0.1) is 0 Å². The molecule has 0 radical (unpaired) electrons. The largest absolute Gasteiger partial charge is 0.496 e. The maximum atomic E-state index is 12.6. The maximum absolute atomic E-state index is 12.6. The van der Waals surface area contributed by atoms with Crippen molar-refractivity contribution in [2.45, 2.75) is 25.3 Å². The van der Waals surface area contributed by atoms with Crippen LogP contribution in [0.4, 0.5) is 5.69 Å². The maximum Gasteiger partial charge on any atom is 0.269 e. The van der Waals surface area contributed by atoms with E-state index >= 15 is 0 Å². The molecule has 8 nitrogen and oxygen atoms in total. The summed E-state index contributed by atoms with van der Waals surface area (Å²) in [5.41, 5.74) is 1.18. The molecule has 0 aromatic heterocycles. The number of likely N-dealkylation sites (tertiary alicyclic amines) is 1. The molecule has 152 valence electrons. The van der Waals surface area contributed by atoms with Crippen LogP contribution in [0, 0.1) is 10.1 Å². The highest BCUT2D eigenvalue weighted by Crippen LogP contribution is 2.20. The number of piperidine rings is 1. The molecular formula is C21H23N3O5. The van der Waals surface area contributed by atoms with Crippen LogP contribution in [0.15, 0.2) is 48.5 Å². The Morgan fingerprint density at radius 1 is 1.14 bits per heavy atom. The van der Waals surface area contributed by atoms with Crippen molar-refractivity contribution >= 4 is 17.5 Å². The van der Waals surface area contributed by atoms with Crippen molar-refractivity contribution in [3.63, 3.8) is 0 Å². The summed E-state index contributed by atoms with van der Waals surface area (Å²) in [4.78, 5) is 37.0. The number of carbonyl (C=O) groups is 2. The predicted molar refractivity (Wildman–Crippen MR) is 107 cm³/mol. The summed E-state index contributed by atoms with van der Waals surface area (Å²) in [7, 11) is 1.59. The number of carbonyl (C=O) groups excluding carboxylic acids is 2. The van der Waals surface area contributed by atoms with Gasteiger partial charge < -0.3 is 15.0 Å².